The fourth-order valence-electron chi connectivity index (χ4n) is 3.14. The predicted molar refractivity (Wildman–Crippen MR) is 111 cm³/mol. The maximum Gasteiger partial charge on any atom is 0.381 e. The van der Waals surface area contributed by atoms with E-state index in [0.29, 0.717) is 6.42 Å². The molecule has 8 nitrogen and oxygen atoms in total. The lowest BCUT2D eigenvalue weighted by Gasteiger charge is -2.40. The van der Waals surface area contributed by atoms with E-state index in [-0.39, 0.29) is 17.9 Å². The van der Waals surface area contributed by atoms with Gasteiger partial charge in [0.25, 0.3) is 0 Å². The van der Waals surface area contributed by atoms with Gasteiger partial charge in [-0.15, -0.1) is 6.58 Å². The van der Waals surface area contributed by atoms with E-state index in [1.165, 1.54) is 13.2 Å². The van der Waals surface area contributed by atoms with Gasteiger partial charge in [0, 0.05) is 11.3 Å². The van der Waals surface area contributed by atoms with E-state index in [1.54, 1.807) is 12.2 Å². The van der Waals surface area contributed by atoms with Gasteiger partial charge in [-0.3, -0.25) is 14.9 Å². The van der Waals surface area contributed by atoms with Crippen LogP contribution in [-0.4, -0.2) is 51.0 Å². The van der Waals surface area contributed by atoms with Crippen LogP contribution in [0.5, 0.6) is 0 Å². The van der Waals surface area contributed by atoms with Gasteiger partial charge in [0.05, 0.1) is 19.8 Å². The minimum atomic E-state index is -2.20. The summed E-state index contributed by atoms with van der Waals surface area (Å²) in [4.78, 5) is 34.5. The van der Waals surface area contributed by atoms with Gasteiger partial charge in [-0.25, -0.2) is 4.79 Å². The topological polar surface area (TPSA) is 105 Å². The van der Waals surface area contributed by atoms with Crippen molar-refractivity contribution in [2.24, 2.45) is 5.41 Å². The number of hydrogen-bond donors (Lipinski definition) is 0. The summed E-state index contributed by atoms with van der Waals surface area (Å²) in [5.41, 5.74) is -1.76. The molecular formula is C20H33NO7Si. The maximum absolute atomic E-state index is 12.6. The van der Waals surface area contributed by atoms with Crippen LogP contribution in [0, 0.1) is 15.5 Å². The third kappa shape index (κ3) is 4.95. The molecule has 0 aromatic heterocycles. The molecule has 0 spiro atoms. The molecule has 0 radical (unpaired) electrons. The molecule has 0 saturated heterocycles. The smallest absolute Gasteiger partial charge is 0.381 e. The zero-order chi connectivity index (χ0) is 22.7. The van der Waals surface area contributed by atoms with Crippen molar-refractivity contribution in [3.8, 4) is 0 Å². The van der Waals surface area contributed by atoms with Crippen molar-refractivity contribution in [2.45, 2.75) is 69.8 Å². The molecule has 3 unspecified atom stereocenters. The molecule has 0 amide bonds. The first kappa shape index (κ1) is 25.0. The summed E-state index contributed by atoms with van der Waals surface area (Å²) in [7, 11) is 0.232. The number of esters is 2. The van der Waals surface area contributed by atoms with E-state index < -0.39 is 42.2 Å². The number of hydrogen-bond acceptors (Lipinski definition) is 7. The highest BCUT2D eigenvalue weighted by atomic mass is 28.4. The lowest BCUT2D eigenvalue weighted by molar-refractivity contribution is -0.509. The Labute approximate surface area is 173 Å². The predicted octanol–water partition coefficient (Wildman–Crippen LogP) is 3.65. The lowest BCUT2D eigenvalue weighted by atomic mass is 9.96. The number of nitrogens with zero attached hydrogens (tertiary/aromatic N) is 1. The Hall–Kier alpha value is -2.00. The Balaban J connectivity index is 3.04. The SMILES string of the molecule is C=CC1(O[Si](C)(C)C(C)(C)C)CC1(C/C=C/CC(C(=O)OC)[N+](=O)[O-])C(=O)OC. The molecule has 0 heterocycles. The molecule has 0 aliphatic heterocycles. The highest BCUT2D eigenvalue weighted by Gasteiger charge is 2.73. The molecule has 1 saturated carbocycles. The Morgan fingerprint density at radius 1 is 1.24 bits per heavy atom. The van der Waals surface area contributed by atoms with Gasteiger partial charge in [-0.05, 0) is 31.0 Å². The molecule has 1 aliphatic carbocycles. The molecule has 1 fully saturated rings. The van der Waals surface area contributed by atoms with Crippen molar-refractivity contribution in [1.82, 2.24) is 0 Å². The average Bonchev–Trinajstić information content (AvgIpc) is 3.26. The molecule has 1 aliphatic rings. The van der Waals surface area contributed by atoms with E-state index in [1.807, 2.05) is 0 Å². The van der Waals surface area contributed by atoms with Crippen LogP contribution in [0.25, 0.3) is 0 Å². The van der Waals surface area contributed by atoms with Crippen LogP contribution in [0.1, 0.15) is 40.0 Å². The molecule has 1 rings (SSSR count). The summed E-state index contributed by atoms with van der Waals surface area (Å²) in [6.45, 7) is 14.5. The number of methoxy groups -OCH3 is 2. The van der Waals surface area contributed by atoms with Crippen molar-refractivity contribution in [2.75, 3.05) is 14.2 Å². The summed E-state index contributed by atoms with van der Waals surface area (Å²) < 4.78 is 16.1. The Bertz CT molecular complexity index is 697. The number of carbonyl (C=O) groups excluding carboxylic acids is 2. The molecule has 3 atom stereocenters. The summed E-state index contributed by atoms with van der Waals surface area (Å²) in [6, 6.07) is -1.47. The minimum absolute atomic E-state index is 0.0528. The van der Waals surface area contributed by atoms with E-state index in [9.17, 15) is 19.7 Å². The molecular weight excluding hydrogens is 394 g/mol. The van der Waals surface area contributed by atoms with E-state index in [2.05, 4.69) is 45.2 Å². The van der Waals surface area contributed by atoms with Crippen LogP contribution in [0.2, 0.25) is 18.1 Å². The fourth-order valence-corrected chi connectivity index (χ4v) is 4.71. The van der Waals surface area contributed by atoms with E-state index >= 15 is 0 Å². The second-order valence-corrected chi connectivity index (χ2v) is 13.7. The monoisotopic (exact) mass is 427 g/mol. The zero-order valence-electron chi connectivity index (χ0n) is 18.4. The molecule has 9 heteroatoms. The zero-order valence-corrected chi connectivity index (χ0v) is 19.4. The largest absolute Gasteiger partial charge is 0.468 e. The van der Waals surface area contributed by atoms with Gasteiger partial charge in [-0.1, -0.05) is 39.0 Å². The van der Waals surface area contributed by atoms with Crippen LogP contribution >= 0.6 is 0 Å². The number of nitro groups is 1. The van der Waals surface area contributed by atoms with Crippen LogP contribution in [-0.2, 0) is 23.5 Å². The summed E-state index contributed by atoms with van der Waals surface area (Å²) in [5, 5.41) is 11.0. The van der Waals surface area contributed by atoms with Gasteiger partial charge < -0.3 is 13.9 Å². The first-order valence-electron chi connectivity index (χ1n) is 9.52. The molecule has 29 heavy (non-hydrogen) atoms. The lowest BCUT2D eigenvalue weighted by Crippen LogP contribution is -2.46. The van der Waals surface area contributed by atoms with Crippen LogP contribution < -0.4 is 0 Å². The molecule has 0 bridgehead atoms. The standard InChI is InChI=1S/C20H33NO7Si/c1-9-20(28-29(7,8)18(2,3)4)14-19(20,17(23)27-6)13-11-10-12-15(21(24)25)16(22)26-5/h9-11,15H,1,12-14H2,2-8H3/b11-10+. The number of ether oxygens (including phenoxy) is 2. The van der Waals surface area contributed by atoms with Crippen LogP contribution in [0.4, 0.5) is 0 Å². The number of allylic oxidation sites excluding steroid dienone is 1. The second kappa shape index (κ2) is 8.79. The third-order valence-corrected chi connectivity index (χ3v) is 10.6. The Morgan fingerprint density at radius 3 is 2.24 bits per heavy atom. The molecule has 0 N–H and O–H groups in total. The van der Waals surface area contributed by atoms with Crippen molar-refractivity contribution in [3.63, 3.8) is 0 Å². The summed E-state index contributed by atoms with van der Waals surface area (Å²) >= 11 is 0. The molecule has 0 aromatic carbocycles. The van der Waals surface area contributed by atoms with Gasteiger partial charge >= 0.3 is 18.0 Å². The van der Waals surface area contributed by atoms with Crippen molar-refractivity contribution >= 4 is 20.3 Å². The molecule has 0 aromatic rings. The molecule has 164 valence electrons. The van der Waals surface area contributed by atoms with Crippen molar-refractivity contribution < 1.29 is 28.4 Å². The number of carbonyl (C=O) groups is 2. The average molecular weight is 428 g/mol. The third-order valence-electron chi connectivity index (χ3n) is 6.12. The maximum atomic E-state index is 12.6. The Kier molecular flexibility index (Phi) is 7.58. The van der Waals surface area contributed by atoms with Gasteiger partial charge in [0.2, 0.25) is 0 Å². The minimum Gasteiger partial charge on any atom is -0.468 e. The number of rotatable bonds is 10. The van der Waals surface area contributed by atoms with Gasteiger partial charge in [0.1, 0.15) is 5.41 Å². The van der Waals surface area contributed by atoms with Crippen molar-refractivity contribution in [3.05, 3.63) is 34.9 Å². The van der Waals surface area contributed by atoms with Crippen LogP contribution in [0.3, 0.4) is 0 Å². The summed E-state index contributed by atoms with van der Waals surface area (Å²) in [6.07, 6.45) is 5.44. The van der Waals surface area contributed by atoms with Gasteiger partial charge in [-0.2, -0.15) is 0 Å². The normalized spacial score (nSPS) is 25.3. The van der Waals surface area contributed by atoms with Crippen LogP contribution in [0.15, 0.2) is 24.8 Å². The highest BCUT2D eigenvalue weighted by Crippen LogP contribution is 2.64. The van der Waals surface area contributed by atoms with Gasteiger partial charge in [0.15, 0.2) is 8.32 Å². The van der Waals surface area contributed by atoms with Crippen molar-refractivity contribution in [1.29, 1.82) is 0 Å². The highest BCUT2D eigenvalue weighted by molar-refractivity contribution is 6.74. The second-order valence-electron chi connectivity index (χ2n) is 8.94. The first-order valence-corrected chi connectivity index (χ1v) is 12.4. The fraction of sp³-hybridized carbons (Fsp3) is 0.700. The Morgan fingerprint density at radius 2 is 1.83 bits per heavy atom. The first-order chi connectivity index (χ1) is 13.2. The summed E-state index contributed by atoms with van der Waals surface area (Å²) in [5.74, 6) is -1.31. The van der Waals surface area contributed by atoms with E-state index in [0.717, 1.165) is 7.11 Å². The van der Waals surface area contributed by atoms with E-state index in [4.69, 9.17) is 9.16 Å². The quantitative estimate of drug-likeness (QED) is 0.172.